The fourth-order valence-corrected chi connectivity index (χ4v) is 5.57. The minimum absolute atomic E-state index is 0.175. The minimum Gasteiger partial charge on any atom is -0.478 e. The molecule has 0 radical (unpaired) electrons. The van der Waals surface area contributed by atoms with E-state index in [0.717, 1.165) is 82.2 Å². The van der Waals surface area contributed by atoms with Crippen molar-refractivity contribution in [3.8, 4) is 0 Å². The van der Waals surface area contributed by atoms with Crippen LogP contribution in [0.25, 0.3) is 0 Å². The Kier molecular flexibility index (Phi) is 17.7. The molecule has 8 N–H and O–H groups in total. The lowest BCUT2D eigenvalue weighted by Gasteiger charge is -2.10. The number of nitrogens with two attached hydrogens (primary N) is 1. The van der Waals surface area contributed by atoms with Crippen molar-refractivity contribution in [1.82, 2.24) is 26.6 Å². The third-order valence-corrected chi connectivity index (χ3v) is 8.93. The lowest BCUT2D eigenvalue weighted by atomic mass is 10.1. The number of hydrogen-bond donors (Lipinski definition) is 7. The number of benzene rings is 4. The second-order valence-electron chi connectivity index (χ2n) is 12.9. The predicted molar refractivity (Wildman–Crippen MR) is 221 cm³/mol. The van der Waals surface area contributed by atoms with E-state index in [1.165, 1.54) is 22.8 Å². The van der Waals surface area contributed by atoms with Crippen LogP contribution in [0.2, 0.25) is 10.0 Å². The number of nitrogens with zero attached hydrogens (tertiary/aromatic N) is 1. The van der Waals surface area contributed by atoms with Crippen molar-refractivity contribution in [3.63, 3.8) is 0 Å². The Labute approximate surface area is 329 Å². The largest absolute Gasteiger partial charge is 0.478 e. The molecule has 2 aliphatic heterocycles. The molecular weight excluding hydrogens is 724 g/mol. The average Bonchev–Trinajstić information content (AvgIpc) is 3.86. The van der Waals surface area contributed by atoms with E-state index in [9.17, 15) is 9.18 Å². The van der Waals surface area contributed by atoms with Crippen molar-refractivity contribution in [2.45, 2.75) is 60.7 Å². The maximum Gasteiger partial charge on any atom is 0.335 e. The van der Waals surface area contributed by atoms with Gasteiger partial charge in [0.1, 0.15) is 5.82 Å². The normalized spacial score (nSPS) is 12.4. The summed E-state index contributed by atoms with van der Waals surface area (Å²) in [5.74, 6) is 1.38. The molecule has 0 saturated heterocycles. The fraction of sp³-hybridized carbons (Fsp3) is 0.286. The first-order valence-corrected chi connectivity index (χ1v) is 18.4. The number of hydrogen-bond acceptors (Lipinski definition) is 8. The summed E-state index contributed by atoms with van der Waals surface area (Å²) < 4.78 is 13.0. The van der Waals surface area contributed by atoms with Crippen molar-refractivity contribution >= 4 is 35.1 Å². The molecule has 2 aliphatic rings. The van der Waals surface area contributed by atoms with Crippen LogP contribution in [0.4, 0.5) is 4.39 Å². The zero-order valence-electron chi connectivity index (χ0n) is 31.7. The molecule has 0 aromatic heterocycles. The van der Waals surface area contributed by atoms with Gasteiger partial charge in [-0.2, -0.15) is 0 Å². The minimum atomic E-state index is -0.855. The topological polar surface area (TPSA) is 136 Å². The van der Waals surface area contributed by atoms with Crippen molar-refractivity contribution in [2.75, 3.05) is 19.6 Å². The first-order chi connectivity index (χ1) is 25.7. The highest BCUT2D eigenvalue weighted by Gasteiger charge is 2.07. The highest BCUT2D eigenvalue weighted by atomic mass is 35.5. The molecule has 2 heterocycles. The van der Waals surface area contributed by atoms with Crippen LogP contribution in [0.15, 0.2) is 102 Å². The Morgan fingerprint density at radius 1 is 0.796 bits per heavy atom. The van der Waals surface area contributed by atoms with Crippen LogP contribution in [0.1, 0.15) is 61.3 Å². The standard InChI is InChI=1S/C12H15FN2.C11H14ClN3.C10H13ClN2.C9H10O2/c1-9-4-5-11(13)7-10(9)8-15-12-3-2-6-14-12;1-8-2-3-10(12)6-9(8)7-15-11-13-4-5-14-11;1-7-3-4-10(11)5-9(7)6-13-8(2)12;1-6-3-4-7(2)8(5-6)9(10)11/h3-5,7,14-15H,2,6,8H2,1H3;2-3,6H,4-5,7H2,1H3,(H2,13,14,15);3-5,13H,2,6,12H2,1H3;3-5H,1-2H3,(H,10,11). The van der Waals surface area contributed by atoms with Crippen LogP contribution in [0.3, 0.4) is 0 Å². The molecule has 6 rings (SSSR count). The number of carbonyl (C=O) groups is 1. The molecule has 288 valence electrons. The number of guanidine groups is 1. The summed E-state index contributed by atoms with van der Waals surface area (Å²) in [6.45, 7) is 18.2. The van der Waals surface area contributed by atoms with Crippen LogP contribution < -0.4 is 32.3 Å². The second-order valence-corrected chi connectivity index (χ2v) is 13.8. The van der Waals surface area contributed by atoms with Crippen molar-refractivity contribution in [2.24, 2.45) is 10.7 Å². The summed E-state index contributed by atoms with van der Waals surface area (Å²) in [6, 6.07) is 22.0. The van der Waals surface area contributed by atoms with E-state index in [2.05, 4.69) is 51.2 Å². The summed E-state index contributed by atoms with van der Waals surface area (Å²) in [4.78, 5) is 14.8. The Bertz CT molecular complexity index is 1870. The molecule has 12 heteroatoms. The first-order valence-electron chi connectivity index (χ1n) is 17.7. The fourth-order valence-electron chi connectivity index (χ4n) is 5.18. The van der Waals surface area contributed by atoms with Gasteiger partial charge in [-0.25, -0.2) is 9.18 Å². The lowest BCUT2D eigenvalue weighted by molar-refractivity contribution is 0.0696. The third-order valence-electron chi connectivity index (χ3n) is 8.46. The number of aromatic carboxylic acids is 1. The SMILES string of the molecule is C=C(N)NCc1cc(Cl)ccc1C.Cc1ccc(C)c(C(=O)O)c1.Cc1ccc(Cl)cc1CNC1=NCCN1.Cc1ccc(F)cc1CNC1=CCCN1. The average molecular weight is 777 g/mol. The van der Waals surface area contributed by atoms with Crippen molar-refractivity contribution in [1.29, 1.82) is 0 Å². The monoisotopic (exact) mass is 775 g/mol. The number of aryl methyl sites for hydroxylation is 5. The molecule has 4 aromatic carbocycles. The number of rotatable bonds is 9. The Balaban J connectivity index is 0.000000195. The first kappa shape index (κ1) is 43.2. The number of aliphatic imine (C=N–C) groups is 1. The van der Waals surface area contributed by atoms with Crippen LogP contribution in [-0.4, -0.2) is 36.7 Å². The summed E-state index contributed by atoms with van der Waals surface area (Å²) in [5, 5.41) is 26.0. The van der Waals surface area contributed by atoms with E-state index in [-0.39, 0.29) is 5.82 Å². The van der Waals surface area contributed by atoms with Crippen molar-refractivity contribution < 1.29 is 14.3 Å². The van der Waals surface area contributed by atoms with E-state index < -0.39 is 5.97 Å². The second kappa shape index (κ2) is 22.1. The number of carboxylic acid groups (broad SMARTS) is 1. The van der Waals surface area contributed by atoms with Gasteiger partial charge in [-0.3, -0.25) is 4.99 Å². The maximum absolute atomic E-state index is 13.0. The van der Waals surface area contributed by atoms with Gasteiger partial charge in [-0.15, -0.1) is 0 Å². The Morgan fingerprint density at radius 3 is 1.91 bits per heavy atom. The maximum atomic E-state index is 13.0. The summed E-state index contributed by atoms with van der Waals surface area (Å²) in [5.41, 5.74) is 14.5. The van der Waals surface area contributed by atoms with E-state index in [4.69, 9.17) is 34.0 Å². The highest BCUT2D eigenvalue weighted by Crippen LogP contribution is 2.16. The van der Waals surface area contributed by atoms with Crippen molar-refractivity contribution in [3.05, 3.63) is 163 Å². The van der Waals surface area contributed by atoms with Gasteiger partial charge >= 0.3 is 5.97 Å². The van der Waals surface area contributed by atoms with Crippen LogP contribution >= 0.6 is 23.2 Å². The van der Waals surface area contributed by atoms with Gasteiger partial charge in [0.05, 0.1) is 23.8 Å². The molecular formula is C42H52Cl2FN7O2. The van der Waals surface area contributed by atoms with Gasteiger partial charge < -0.3 is 37.4 Å². The zero-order chi connectivity index (χ0) is 39.6. The summed E-state index contributed by atoms with van der Waals surface area (Å²) in [7, 11) is 0. The molecule has 0 spiro atoms. The zero-order valence-corrected chi connectivity index (χ0v) is 33.2. The van der Waals surface area contributed by atoms with Gasteiger partial charge in [0.15, 0.2) is 5.96 Å². The molecule has 0 amide bonds. The van der Waals surface area contributed by atoms with Crippen LogP contribution in [-0.2, 0) is 19.6 Å². The van der Waals surface area contributed by atoms with E-state index in [1.807, 2.05) is 75.4 Å². The summed E-state index contributed by atoms with van der Waals surface area (Å²) in [6.07, 6.45) is 3.18. The molecule has 54 heavy (non-hydrogen) atoms. The molecule has 9 nitrogen and oxygen atoms in total. The van der Waals surface area contributed by atoms with E-state index in [0.29, 0.717) is 24.5 Å². The quantitative estimate of drug-likeness (QED) is 0.0912. The molecule has 0 atom stereocenters. The Morgan fingerprint density at radius 2 is 1.37 bits per heavy atom. The number of carboxylic acids is 1. The van der Waals surface area contributed by atoms with Gasteiger partial charge in [0.2, 0.25) is 0 Å². The number of halogens is 3. The molecule has 0 unspecified atom stereocenters. The van der Waals surface area contributed by atoms with Crippen LogP contribution in [0, 0.1) is 40.4 Å². The van der Waals surface area contributed by atoms with E-state index in [1.54, 1.807) is 19.1 Å². The predicted octanol–water partition coefficient (Wildman–Crippen LogP) is 7.93. The van der Waals surface area contributed by atoms with Gasteiger partial charge in [0, 0.05) is 42.8 Å². The molecule has 0 fully saturated rings. The molecule has 0 bridgehead atoms. The lowest BCUT2D eigenvalue weighted by Crippen LogP contribution is -2.33. The van der Waals surface area contributed by atoms with Gasteiger partial charge in [-0.1, -0.05) is 65.7 Å². The highest BCUT2D eigenvalue weighted by molar-refractivity contribution is 6.30. The van der Waals surface area contributed by atoms with Crippen LogP contribution in [0.5, 0.6) is 0 Å². The smallest absolute Gasteiger partial charge is 0.335 e. The number of nitrogens with one attached hydrogen (secondary N) is 5. The van der Waals surface area contributed by atoms with E-state index >= 15 is 0 Å². The Hall–Kier alpha value is -5.19. The molecule has 4 aromatic rings. The third kappa shape index (κ3) is 15.4. The van der Waals surface area contributed by atoms with Gasteiger partial charge in [-0.05, 0) is 129 Å². The van der Waals surface area contributed by atoms with Gasteiger partial charge in [0.25, 0.3) is 0 Å². The molecule has 0 saturated carbocycles. The summed E-state index contributed by atoms with van der Waals surface area (Å²) >= 11 is 11.8. The molecule has 0 aliphatic carbocycles.